The standard InChI is InChI=1S/C28H26F3NO6/c1-35-24-15-18(16-25(36-2)27(24)38-4)6-5-17-13-21(26(37-3)23(34)14-17)32-12-11-22(33)19-7-9-20(10-8-19)28(29,30)31/h5-16,32,34H,1-4H3. The number of phenolic OH excluding ortho intramolecular Hbond substituents is 1. The maximum Gasteiger partial charge on any atom is 0.416 e. The van der Waals surface area contributed by atoms with Gasteiger partial charge in [-0.2, -0.15) is 13.2 Å². The lowest BCUT2D eigenvalue weighted by Gasteiger charge is -2.13. The first-order chi connectivity index (χ1) is 18.1. The Bertz CT molecular complexity index is 1320. The number of aromatic hydroxyl groups is 1. The van der Waals surface area contributed by atoms with Crippen LogP contribution in [0.3, 0.4) is 0 Å². The summed E-state index contributed by atoms with van der Waals surface area (Å²) in [6.07, 6.45) is 1.51. The van der Waals surface area contributed by atoms with Gasteiger partial charge in [-0.25, -0.2) is 0 Å². The first kappa shape index (κ1) is 28.0. The van der Waals surface area contributed by atoms with Crippen LogP contribution in [-0.4, -0.2) is 39.3 Å². The first-order valence-corrected chi connectivity index (χ1v) is 11.1. The molecule has 0 saturated carbocycles. The highest BCUT2D eigenvalue weighted by atomic mass is 19.4. The second kappa shape index (κ2) is 12.1. The summed E-state index contributed by atoms with van der Waals surface area (Å²) in [5, 5.41) is 13.3. The Hall–Kier alpha value is -4.60. The molecule has 0 spiro atoms. The molecule has 0 amide bonds. The largest absolute Gasteiger partial charge is 0.504 e. The molecule has 0 aromatic heterocycles. The van der Waals surface area contributed by atoms with Gasteiger partial charge in [0.15, 0.2) is 28.8 Å². The van der Waals surface area contributed by atoms with Crippen LogP contribution in [-0.2, 0) is 6.18 Å². The molecule has 200 valence electrons. The van der Waals surface area contributed by atoms with E-state index in [0.29, 0.717) is 28.5 Å². The molecule has 3 rings (SSSR count). The molecular weight excluding hydrogens is 503 g/mol. The lowest BCUT2D eigenvalue weighted by Crippen LogP contribution is -2.05. The third-order valence-electron chi connectivity index (χ3n) is 5.42. The Morgan fingerprint density at radius 3 is 1.87 bits per heavy atom. The third-order valence-corrected chi connectivity index (χ3v) is 5.42. The molecule has 2 N–H and O–H groups in total. The van der Waals surface area contributed by atoms with Gasteiger partial charge in [-0.15, -0.1) is 0 Å². The highest BCUT2D eigenvalue weighted by Gasteiger charge is 2.30. The van der Waals surface area contributed by atoms with Crippen molar-refractivity contribution in [3.63, 3.8) is 0 Å². The number of carbonyl (C=O) groups excluding carboxylic acids is 1. The Balaban J connectivity index is 1.82. The van der Waals surface area contributed by atoms with Crippen molar-refractivity contribution in [2.75, 3.05) is 33.8 Å². The van der Waals surface area contributed by atoms with Crippen LogP contribution >= 0.6 is 0 Å². The van der Waals surface area contributed by atoms with Crippen LogP contribution in [0, 0.1) is 0 Å². The molecule has 0 radical (unpaired) electrons. The molecule has 10 heteroatoms. The molecule has 0 aliphatic heterocycles. The Kier molecular flexibility index (Phi) is 8.90. The second-order valence-electron chi connectivity index (χ2n) is 7.83. The van der Waals surface area contributed by atoms with Gasteiger partial charge in [-0.3, -0.25) is 4.79 Å². The summed E-state index contributed by atoms with van der Waals surface area (Å²) in [6, 6.07) is 10.6. The highest BCUT2D eigenvalue weighted by Crippen LogP contribution is 2.39. The predicted molar refractivity (Wildman–Crippen MR) is 138 cm³/mol. The predicted octanol–water partition coefficient (Wildman–Crippen LogP) is 6.42. The summed E-state index contributed by atoms with van der Waals surface area (Å²) in [4.78, 5) is 12.4. The van der Waals surface area contributed by atoms with E-state index in [1.54, 1.807) is 30.4 Å². The molecule has 0 atom stereocenters. The molecule has 0 heterocycles. The van der Waals surface area contributed by atoms with Crippen LogP contribution in [0.5, 0.6) is 28.7 Å². The van der Waals surface area contributed by atoms with Crippen LogP contribution < -0.4 is 24.3 Å². The van der Waals surface area contributed by atoms with Crippen molar-refractivity contribution >= 4 is 23.6 Å². The number of carbonyl (C=O) groups is 1. The summed E-state index contributed by atoms with van der Waals surface area (Å²) in [7, 11) is 5.92. The number of ketones is 1. The van der Waals surface area contributed by atoms with Gasteiger partial charge in [0.05, 0.1) is 39.7 Å². The van der Waals surface area contributed by atoms with Crippen molar-refractivity contribution < 1.29 is 42.0 Å². The number of nitrogens with one attached hydrogen (secondary N) is 1. The smallest absolute Gasteiger partial charge is 0.416 e. The minimum atomic E-state index is -4.48. The van der Waals surface area contributed by atoms with Crippen molar-refractivity contribution in [3.05, 3.63) is 83.1 Å². The maximum atomic E-state index is 12.7. The number of anilines is 1. The van der Waals surface area contributed by atoms with Gasteiger partial charge in [0.2, 0.25) is 5.75 Å². The zero-order chi connectivity index (χ0) is 27.9. The van der Waals surface area contributed by atoms with Gasteiger partial charge in [0.25, 0.3) is 0 Å². The average Bonchev–Trinajstić information content (AvgIpc) is 2.90. The molecule has 38 heavy (non-hydrogen) atoms. The number of ether oxygens (including phenoxy) is 4. The number of allylic oxidation sites excluding steroid dienone is 1. The third kappa shape index (κ3) is 6.58. The number of rotatable bonds is 10. The molecule has 3 aromatic carbocycles. The Labute approximate surface area is 217 Å². The lowest BCUT2D eigenvalue weighted by atomic mass is 10.1. The van der Waals surface area contributed by atoms with E-state index in [-0.39, 0.29) is 17.1 Å². The number of alkyl halides is 3. The number of phenols is 1. The summed E-state index contributed by atoms with van der Waals surface area (Å²) < 4.78 is 59.5. The Morgan fingerprint density at radius 2 is 1.37 bits per heavy atom. The van der Waals surface area contributed by atoms with Crippen molar-refractivity contribution in [3.8, 4) is 28.7 Å². The molecule has 0 fully saturated rings. The molecule has 0 aliphatic rings. The van der Waals surface area contributed by atoms with E-state index in [9.17, 15) is 23.1 Å². The second-order valence-corrected chi connectivity index (χ2v) is 7.83. The highest BCUT2D eigenvalue weighted by molar-refractivity contribution is 6.04. The fourth-order valence-electron chi connectivity index (χ4n) is 3.57. The summed E-state index contributed by atoms with van der Waals surface area (Å²) >= 11 is 0. The fourth-order valence-corrected chi connectivity index (χ4v) is 3.57. The molecule has 0 saturated heterocycles. The molecular formula is C28H26F3NO6. The summed E-state index contributed by atoms with van der Waals surface area (Å²) in [6.45, 7) is 0. The first-order valence-electron chi connectivity index (χ1n) is 11.1. The van der Waals surface area contributed by atoms with Gasteiger partial charge in [-0.1, -0.05) is 24.3 Å². The van der Waals surface area contributed by atoms with E-state index in [1.807, 2.05) is 0 Å². The normalized spacial score (nSPS) is 11.6. The number of hydrogen-bond donors (Lipinski definition) is 2. The molecule has 3 aromatic rings. The van der Waals surface area contributed by atoms with Gasteiger partial charge < -0.3 is 29.4 Å². The number of hydrogen-bond acceptors (Lipinski definition) is 7. The number of methoxy groups -OCH3 is 4. The van der Waals surface area contributed by atoms with Gasteiger partial charge in [0.1, 0.15) is 0 Å². The van der Waals surface area contributed by atoms with E-state index in [4.69, 9.17) is 18.9 Å². The fraction of sp³-hybridized carbons (Fsp3) is 0.179. The van der Waals surface area contributed by atoms with Crippen molar-refractivity contribution in [2.45, 2.75) is 6.18 Å². The maximum absolute atomic E-state index is 12.7. The zero-order valence-corrected chi connectivity index (χ0v) is 21.1. The topological polar surface area (TPSA) is 86.2 Å². The number of benzene rings is 3. The molecule has 7 nitrogen and oxygen atoms in total. The number of halogens is 3. The van der Waals surface area contributed by atoms with E-state index in [1.165, 1.54) is 40.7 Å². The molecule has 0 aliphatic carbocycles. The lowest BCUT2D eigenvalue weighted by molar-refractivity contribution is -0.137. The summed E-state index contributed by atoms with van der Waals surface area (Å²) in [5.74, 6) is 0.904. The zero-order valence-electron chi connectivity index (χ0n) is 21.1. The van der Waals surface area contributed by atoms with Crippen molar-refractivity contribution in [1.29, 1.82) is 0 Å². The van der Waals surface area contributed by atoms with Gasteiger partial charge in [-0.05, 0) is 47.5 Å². The van der Waals surface area contributed by atoms with Crippen molar-refractivity contribution in [1.82, 2.24) is 0 Å². The van der Waals surface area contributed by atoms with E-state index in [2.05, 4.69) is 5.32 Å². The van der Waals surface area contributed by atoms with Crippen LogP contribution in [0.2, 0.25) is 0 Å². The van der Waals surface area contributed by atoms with Gasteiger partial charge in [0, 0.05) is 17.8 Å². The van der Waals surface area contributed by atoms with Crippen molar-refractivity contribution in [2.24, 2.45) is 0 Å². The van der Waals surface area contributed by atoms with Crippen LogP contribution in [0.1, 0.15) is 27.0 Å². The average molecular weight is 530 g/mol. The quantitative estimate of drug-likeness (QED) is 0.178. The van der Waals surface area contributed by atoms with Gasteiger partial charge >= 0.3 is 6.18 Å². The minimum absolute atomic E-state index is 0.0906. The van der Waals surface area contributed by atoms with Crippen LogP contribution in [0.25, 0.3) is 12.2 Å². The monoisotopic (exact) mass is 529 g/mol. The van der Waals surface area contributed by atoms with Crippen LogP contribution in [0.4, 0.5) is 18.9 Å². The van der Waals surface area contributed by atoms with Crippen LogP contribution in [0.15, 0.2) is 60.8 Å². The van der Waals surface area contributed by atoms with E-state index in [0.717, 1.165) is 35.9 Å². The van der Waals surface area contributed by atoms with E-state index >= 15 is 0 Å². The summed E-state index contributed by atoms with van der Waals surface area (Å²) in [5.41, 5.74) is 0.947. The molecule has 0 unspecified atom stereocenters. The van der Waals surface area contributed by atoms with E-state index < -0.39 is 17.5 Å². The minimum Gasteiger partial charge on any atom is -0.504 e. The Morgan fingerprint density at radius 1 is 0.816 bits per heavy atom. The SMILES string of the molecule is COc1cc(C=Cc2cc(O)c(OC)c(NC=CC(=O)c3ccc(C(F)(F)F)cc3)c2)cc(OC)c1OC. The molecule has 0 bridgehead atoms.